The number of hydrogen-bond donors (Lipinski definition) is 0. The highest BCUT2D eigenvalue weighted by Crippen LogP contribution is 2.26. The van der Waals surface area contributed by atoms with E-state index in [4.69, 9.17) is 9.57 Å². The maximum Gasteiger partial charge on any atom is 0.375 e. The van der Waals surface area contributed by atoms with E-state index in [-0.39, 0.29) is 0 Å². The zero-order chi connectivity index (χ0) is 13.9. The van der Waals surface area contributed by atoms with E-state index in [0.717, 1.165) is 29.9 Å². The van der Waals surface area contributed by atoms with Gasteiger partial charge in [0.25, 0.3) is 0 Å². The smallest absolute Gasteiger partial charge is 0.375 e. The maximum absolute atomic E-state index is 11.7. The summed E-state index contributed by atoms with van der Waals surface area (Å²) < 4.78 is 5.20. The van der Waals surface area contributed by atoms with Gasteiger partial charge in [-0.3, -0.25) is 0 Å². The number of ether oxygens (including phenoxy) is 1. The number of hydrogen-bond acceptors (Lipinski definition) is 5. The highest BCUT2D eigenvalue weighted by Gasteiger charge is 2.19. The Morgan fingerprint density at radius 3 is 2.95 bits per heavy atom. The van der Waals surface area contributed by atoms with Crippen molar-refractivity contribution >= 4 is 23.0 Å². The third-order valence-electron chi connectivity index (χ3n) is 3.22. The standard InChI is InChI=1S/C15H13NO3S/c1-18-11-5-6-12-10(9-11)4-7-13(12)16-19-15(17)14-3-2-8-20-14/h2-3,5-6,8-9H,4,7H2,1H3. The normalized spacial score (nSPS) is 15.2. The third kappa shape index (κ3) is 2.44. The van der Waals surface area contributed by atoms with Gasteiger partial charge in [0.15, 0.2) is 0 Å². The van der Waals surface area contributed by atoms with Gasteiger partial charge < -0.3 is 9.57 Å². The monoisotopic (exact) mass is 287 g/mol. The van der Waals surface area contributed by atoms with E-state index in [1.807, 2.05) is 29.6 Å². The molecule has 1 aliphatic rings. The minimum Gasteiger partial charge on any atom is -0.497 e. The van der Waals surface area contributed by atoms with Gasteiger partial charge in [0.05, 0.1) is 12.8 Å². The van der Waals surface area contributed by atoms with E-state index in [1.165, 1.54) is 16.9 Å². The van der Waals surface area contributed by atoms with Crippen molar-refractivity contribution < 1.29 is 14.4 Å². The van der Waals surface area contributed by atoms with Crippen LogP contribution in [-0.4, -0.2) is 18.8 Å². The lowest BCUT2D eigenvalue weighted by Crippen LogP contribution is -2.02. The minimum absolute atomic E-state index is 0.408. The summed E-state index contributed by atoms with van der Waals surface area (Å²) in [5.74, 6) is 0.426. The second-order valence-electron chi connectivity index (χ2n) is 4.42. The van der Waals surface area contributed by atoms with E-state index in [1.54, 1.807) is 13.2 Å². The van der Waals surface area contributed by atoms with Crippen LogP contribution in [0.3, 0.4) is 0 Å². The fourth-order valence-corrected chi connectivity index (χ4v) is 2.80. The molecule has 102 valence electrons. The van der Waals surface area contributed by atoms with Crippen molar-refractivity contribution in [2.24, 2.45) is 5.16 Å². The quantitative estimate of drug-likeness (QED) is 0.643. The summed E-state index contributed by atoms with van der Waals surface area (Å²) in [4.78, 5) is 17.3. The topological polar surface area (TPSA) is 47.9 Å². The van der Waals surface area contributed by atoms with Crippen LogP contribution in [0.4, 0.5) is 0 Å². The molecule has 1 aromatic heterocycles. The molecule has 20 heavy (non-hydrogen) atoms. The fraction of sp³-hybridized carbons (Fsp3) is 0.200. The number of benzene rings is 1. The van der Waals surface area contributed by atoms with E-state index in [9.17, 15) is 4.79 Å². The Balaban J connectivity index is 1.77. The number of aryl methyl sites for hydroxylation is 1. The van der Waals surface area contributed by atoms with E-state index in [2.05, 4.69) is 5.16 Å². The molecule has 0 N–H and O–H groups in total. The zero-order valence-corrected chi connectivity index (χ0v) is 11.8. The largest absolute Gasteiger partial charge is 0.497 e. The van der Waals surface area contributed by atoms with Crippen LogP contribution in [0.15, 0.2) is 40.9 Å². The van der Waals surface area contributed by atoms with Crippen molar-refractivity contribution in [1.29, 1.82) is 0 Å². The summed E-state index contributed by atoms with van der Waals surface area (Å²) in [6.45, 7) is 0. The maximum atomic E-state index is 11.7. The number of nitrogens with zero attached hydrogens (tertiary/aromatic N) is 1. The number of carbonyl (C=O) groups excluding carboxylic acids is 1. The molecule has 0 fully saturated rings. The van der Waals surface area contributed by atoms with E-state index >= 15 is 0 Å². The molecule has 0 atom stereocenters. The molecule has 0 saturated carbocycles. The summed E-state index contributed by atoms with van der Waals surface area (Å²) >= 11 is 1.34. The molecule has 0 amide bonds. The lowest BCUT2D eigenvalue weighted by molar-refractivity contribution is 0.0522. The average molecular weight is 287 g/mol. The van der Waals surface area contributed by atoms with Gasteiger partial charge in [-0.05, 0) is 48.1 Å². The third-order valence-corrected chi connectivity index (χ3v) is 4.07. The number of thiophene rings is 1. The SMILES string of the molecule is COc1ccc2c(c1)CCC2=NOC(=O)c1cccs1. The Morgan fingerprint density at radius 1 is 1.30 bits per heavy atom. The van der Waals surface area contributed by atoms with Gasteiger partial charge in [-0.2, -0.15) is 0 Å². The van der Waals surface area contributed by atoms with Crippen LogP contribution < -0.4 is 4.74 Å². The predicted molar refractivity (Wildman–Crippen MR) is 77.6 cm³/mol. The first-order chi connectivity index (χ1) is 9.78. The Labute approximate surface area is 120 Å². The molecule has 1 aromatic carbocycles. The Bertz CT molecular complexity index is 662. The van der Waals surface area contributed by atoms with Gasteiger partial charge >= 0.3 is 5.97 Å². The highest BCUT2D eigenvalue weighted by molar-refractivity contribution is 7.11. The Kier molecular flexibility index (Phi) is 3.52. The number of carbonyl (C=O) groups is 1. The first-order valence-electron chi connectivity index (χ1n) is 6.27. The van der Waals surface area contributed by atoms with Crippen LogP contribution in [-0.2, 0) is 11.3 Å². The second kappa shape index (κ2) is 5.46. The van der Waals surface area contributed by atoms with Crippen molar-refractivity contribution in [2.75, 3.05) is 7.11 Å². The van der Waals surface area contributed by atoms with Crippen LogP contribution >= 0.6 is 11.3 Å². The molecule has 1 heterocycles. The van der Waals surface area contributed by atoms with Gasteiger partial charge in [-0.25, -0.2) is 4.79 Å². The van der Waals surface area contributed by atoms with Crippen molar-refractivity contribution in [2.45, 2.75) is 12.8 Å². The van der Waals surface area contributed by atoms with Crippen molar-refractivity contribution in [1.82, 2.24) is 0 Å². The highest BCUT2D eigenvalue weighted by atomic mass is 32.1. The lowest BCUT2D eigenvalue weighted by atomic mass is 10.1. The first-order valence-corrected chi connectivity index (χ1v) is 7.15. The number of fused-ring (bicyclic) bond motifs is 1. The van der Waals surface area contributed by atoms with Gasteiger partial charge in [-0.15, -0.1) is 11.3 Å². The fourth-order valence-electron chi connectivity index (χ4n) is 2.20. The van der Waals surface area contributed by atoms with Crippen LogP contribution in [0.5, 0.6) is 5.75 Å². The number of oxime groups is 1. The Hall–Kier alpha value is -2.14. The van der Waals surface area contributed by atoms with E-state index in [0.29, 0.717) is 4.88 Å². The molecule has 4 nitrogen and oxygen atoms in total. The van der Waals surface area contributed by atoms with Gasteiger partial charge in [0, 0.05) is 5.56 Å². The molecule has 0 aliphatic heterocycles. The van der Waals surface area contributed by atoms with E-state index < -0.39 is 5.97 Å². The predicted octanol–water partition coefficient (Wildman–Crippen LogP) is 3.26. The molecule has 0 spiro atoms. The summed E-state index contributed by atoms with van der Waals surface area (Å²) in [6.07, 6.45) is 1.67. The molecule has 3 rings (SSSR count). The second-order valence-corrected chi connectivity index (χ2v) is 5.36. The molecule has 2 aromatic rings. The molecule has 0 radical (unpaired) electrons. The minimum atomic E-state index is -0.408. The summed E-state index contributed by atoms with van der Waals surface area (Å²) in [5.41, 5.74) is 3.02. The summed E-state index contributed by atoms with van der Waals surface area (Å²) in [6, 6.07) is 9.38. The van der Waals surface area contributed by atoms with Gasteiger partial charge in [-0.1, -0.05) is 11.2 Å². The molecule has 0 saturated heterocycles. The number of rotatable bonds is 3. The zero-order valence-electron chi connectivity index (χ0n) is 11.0. The summed E-state index contributed by atoms with van der Waals surface area (Å²) in [7, 11) is 1.65. The molecule has 0 bridgehead atoms. The molecule has 5 heteroatoms. The van der Waals surface area contributed by atoms with Gasteiger partial charge in [0.1, 0.15) is 10.6 Å². The van der Waals surface area contributed by atoms with Crippen LogP contribution in [0.1, 0.15) is 27.2 Å². The lowest BCUT2D eigenvalue weighted by Gasteiger charge is -2.03. The van der Waals surface area contributed by atoms with Crippen LogP contribution in [0.2, 0.25) is 0 Å². The van der Waals surface area contributed by atoms with Crippen molar-refractivity contribution in [3.05, 3.63) is 51.7 Å². The van der Waals surface area contributed by atoms with Crippen molar-refractivity contribution in [3.63, 3.8) is 0 Å². The van der Waals surface area contributed by atoms with Crippen LogP contribution in [0.25, 0.3) is 0 Å². The Morgan fingerprint density at radius 2 is 2.20 bits per heavy atom. The molecule has 1 aliphatic carbocycles. The molecular weight excluding hydrogens is 274 g/mol. The van der Waals surface area contributed by atoms with Crippen LogP contribution in [0, 0.1) is 0 Å². The summed E-state index contributed by atoms with van der Waals surface area (Å²) in [5, 5.41) is 5.84. The molecular formula is C15H13NO3S. The first kappa shape index (κ1) is 12.9. The average Bonchev–Trinajstić information content (AvgIpc) is 3.13. The number of methoxy groups -OCH3 is 1. The van der Waals surface area contributed by atoms with Gasteiger partial charge in [0.2, 0.25) is 0 Å². The van der Waals surface area contributed by atoms with Crippen molar-refractivity contribution in [3.8, 4) is 5.75 Å². The molecule has 0 unspecified atom stereocenters.